The molecule has 19 heavy (non-hydrogen) atoms. The summed E-state index contributed by atoms with van der Waals surface area (Å²) >= 11 is 0. The summed E-state index contributed by atoms with van der Waals surface area (Å²) < 4.78 is 1.60. The predicted octanol–water partition coefficient (Wildman–Crippen LogP) is 2.21. The number of fused-ring (bicyclic) bond motifs is 1. The SMILES string of the molecule is C/C(=C\c1cn(CC(=O)O)c2ccccc12)C(=O)O. The number of nitrogens with zero attached hydrogens (tertiary/aromatic N) is 1. The Balaban J connectivity index is 2.59. The number of hydrogen-bond acceptors (Lipinski definition) is 2. The van der Waals surface area contributed by atoms with Gasteiger partial charge in [0, 0.05) is 28.2 Å². The molecule has 2 aromatic rings. The fourth-order valence-electron chi connectivity index (χ4n) is 1.96. The van der Waals surface area contributed by atoms with Crippen LogP contribution in [-0.4, -0.2) is 26.7 Å². The maximum absolute atomic E-state index is 10.9. The number of aromatic nitrogens is 1. The van der Waals surface area contributed by atoms with Gasteiger partial charge in [0.05, 0.1) is 0 Å². The van der Waals surface area contributed by atoms with Gasteiger partial charge in [0.1, 0.15) is 6.54 Å². The average molecular weight is 259 g/mol. The molecule has 0 fully saturated rings. The molecule has 0 aliphatic carbocycles. The summed E-state index contributed by atoms with van der Waals surface area (Å²) in [7, 11) is 0. The first-order valence-electron chi connectivity index (χ1n) is 5.70. The van der Waals surface area contributed by atoms with Crippen LogP contribution in [0.3, 0.4) is 0 Å². The molecule has 0 bridgehead atoms. The summed E-state index contributed by atoms with van der Waals surface area (Å²) in [6.45, 7) is 1.35. The molecule has 0 spiro atoms. The van der Waals surface area contributed by atoms with Crippen LogP contribution < -0.4 is 0 Å². The molecule has 0 aliphatic rings. The van der Waals surface area contributed by atoms with E-state index in [2.05, 4.69) is 0 Å². The van der Waals surface area contributed by atoms with Gasteiger partial charge >= 0.3 is 11.9 Å². The Kier molecular flexibility index (Phi) is 3.37. The van der Waals surface area contributed by atoms with Crippen LogP contribution in [-0.2, 0) is 16.1 Å². The van der Waals surface area contributed by atoms with E-state index in [1.165, 1.54) is 6.92 Å². The standard InChI is InChI=1S/C14H13NO4/c1-9(14(18)19)6-10-7-15(8-13(16)17)12-5-3-2-4-11(10)12/h2-7H,8H2,1H3,(H,16,17)(H,18,19)/b9-6+. The molecule has 2 N–H and O–H groups in total. The first-order valence-corrected chi connectivity index (χ1v) is 5.70. The third kappa shape index (κ3) is 2.65. The lowest BCUT2D eigenvalue weighted by atomic mass is 10.1. The molecule has 0 amide bonds. The number of carbonyl (C=O) groups is 2. The first-order chi connectivity index (χ1) is 8.99. The lowest BCUT2D eigenvalue weighted by molar-refractivity contribution is -0.137. The van der Waals surface area contributed by atoms with Crippen LogP contribution in [0, 0.1) is 0 Å². The second kappa shape index (κ2) is 4.97. The molecule has 2 rings (SSSR count). The molecule has 0 atom stereocenters. The Morgan fingerprint density at radius 1 is 1.26 bits per heavy atom. The van der Waals surface area contributed by atoms with Gasteiger partial charge in [-0.05, 0) is 19.1 Å². The second-order valence-electron chi connectivity index (χ2n) is 4.26. The number of carboxylic acid groups (broad SMARTS) is 2. The molecular formula is C14H13NO4. The lowest BCUT2D eigenvalue weighted by Gasteiger charge is -1.99. The molecule has 0 saturated carbocycles. The zero-order valence-corrected chi connectivity index (χ0v) is 10.3. The van der Waals surface area contributed by atoms with Crippen LogP contribution in [0.5, 0.6) is 0 Å². The van der Waals surface area contributed by atoms with Gasteiger partial charge in [0.2, 0.25) is 0 Å². The molecule has 98 valence electrons. The summed E-state index contributed by atoms with van der Waals surface area (Å²) in [6.07, 6.45) is 3.20. The van der Waals surface area contributed by atoms with Crippen molar-refractivity contribution in [2.24, 2.45) is 0 Å². The van der Waals surface area contributed by atoms with E-state index in [0.717, 1.165) is 10.9 Å². The lowest BCUT2D eigenvalue weighted by Crippen LogP contribution is -2.07. The average Bonchev–Trinajstić information content (AvgIpc) is 2.67. The van der Waals surface area contributed by atoms with Crippen molar-refractivity contribution < 1.29 is 19.8 Å². The van der Waals surface area contributed by atoms with Crippen LogP contribution in [0.15, 0.2) is 36.0 Å². The fraction of sp³-hybridized carbons (Fsp3) is 0.143. The fourth-order valence-corrected chi connectivity index (χ4v) is 1.96. The van der Waals surface area contributed by atoms with Gasteiger partial charge in [-0.25, -0.2) is 4.79 Å². The van der Waals surface area contributed by atoms with Gasteiger partial charge < -0.3 is 14.8 Å². The number of carboxylic acids is 2. The van der Waals surface area contributed by atoms with Gasteiger partial charge in [-0.15, -0.1) is 0 Å². The summed E-state index contributed by atoms with van der Waals surface area (Å²) in [5.74, 6) is -1.93. The minimum absolute atomic E-state index is 0.152. The second-order valence-corrected chi connectivity index (χ2v) is 4.26. The van der Waals surface area contributed by atoms with Crippen molar-refractivity contribution in [1.29, 1.82) is 0 Å². The maximum Gasteiger partial charge on any atom is 0.331 e. The Morgan fingerprint density at radius 3 is 2.58 bits per heavy atom. The van der Waals surface area contributed by atoms with Gasteiger partial charge in [0.15, 0.2) is 0 Å². The van der Waals surface area contributed by atoms with Crippen LogP contribution in [0.1, 0.15) is 12.5 Å². The number of para-hydroxylation sites is 1. The zero-order chi connectivity index (χ0) is 14.0. The third-order valence-corrected chi connectivity index (χ3v) is 2.83. The minimum Gasteiger partial charge on any atom is -0.480 e. The van der Waals surface area contributed by atoms with Crippen LogP contribution in [0.4, 0.5) is 0 Å². The predicted molar refractivity (Wildman–Crippen MR) is 70.9 cm³/mol. The van der Waals surface area contributed by atoms with Crippen LogP contribution in [0.25, 0.3) is 17.0 Å². The molecule has 0 saturated heterocycles. The highest BCUT2D eigenvalue weighted by molar-refractivity contribution is 5.97. The summed E-state index contributed by atoms with van der Waals surface area (Å²) in [4.78, 5) is 21.7. The van der Waals surface area contributed by atoms with Crippen molar-refractivity contribution in [1.82, 2.24) is 4.57 Å². The van der Waals surface area contributed by atoms with Gasteiger partial charge in [-0.2, -0.15) is 0 Å². The number of aliphatic carboxylic acids is 2. The molecule has 5 nitrogen and oxygen atoms in total. The third-order valence-electron chi connectivity index (χ3n) is 2.83. The Labute approximate surface area is 109 Å². The highest BCUT2D eigenvalue weighted by atomic mass is 16.4. The van der Waals surface area contributed by atoms with E-state index < -0.39 is 11.9 Å². The highest BCUT2D eigenvalue weighted by Gasteiger charge is 2.10. The summed E-state index contributed by atoms with van der Waals surface area (Å²) in [5, 5.41) is 18.6. The Morgan fingerprint density at radius 2 is 1.95 bits per heavy atom. The number of rotatable bonds is 4. The molecule has 0 radical (unpaired) electrons. The van der Waals surface area contributed by atoms with Gasteiger partial charge in [-0.1, -0.05) is 18.2 Å². The van der Waals surface area contributed by atoms with Crippen LogP contribution in [0.2, 0.25) is 0 Å². The normalized spacial score (nSPS) is 11.7. The van der Waals surface area contributed by atoms with Crippen molar-refractivity contribution in [2.75, 3.05) is 0 Å². The van der Waals surface area contributed by atoms with Crippen molar-refractivity contribution >= 4 is 28.9 Å². The van der Waals surface area contributed by atoms with Crippen molar-refractivity contribution in [2.45, 2.75) is 13.5 Å². The molecule has 5 heteroatoms. The number of benzene rings is 1. The molecule has 1 aromatic carbocycles. The molecule has 1 aromatic heterocycles. The minimum atomic E-state index is -0.991. The Hall–Kier alpha value is -2.56. The van der Waals surface area contributed by atoms with Crippen molar-refractivity contribution in [3.63, 3.8) is 0 Å². The summed E-state index contributed by atoms with van der Waals surface area (Å²) in [5.41, 5.74) is 1.68. The van der Waals surface area contributed by atoms with Gasteiger partial charge in [0.25, 0.3) is 0 Å². The van der Waals surface area contributed by atoms with E-state index >= 15 is 0 Å². The quantitative estimate of drug-likeness (QED) is 0.825. The van der Waals surface area contributed by atoms with E-state index in [0.29, 0.717) is 5.56 Å². The molecular weight excluding hydrogens is 246 g/mol. The number of hydrogen-bond donors (Lipinski definition) is 2. The van der Waals surface area contributed by atoms with Gasteiger partial charge in [-0.3, -0.25) is 4.79 Å². The monoisotopic (exact) mass is 259 g/mol. The van der Waals surface area contributed by atoms with E-state index in [4.69, 9.17) is 10.2 Å². The summed E-state index contributed by atoms with van der Waals surface area (Å²) in [6, 6.07) is 7.31. The first kappa shape index (κ1) is 12.9. The maximum atomic E-state index is 10.9. The largest absolute Gasteiger partial charge is 0.480 e. The topological polar surface area (TPSA) is 79.5 Å². The molecule has 1 heterocycles. The molecule has 0 unspecified atom stereocenters. The van der Waals surface area contributed by atoms with Crippen molar-refractivity contribution in [3.05, 3.63) is 41.6 Å². The van der Waals surface area contributed by atoms with Crippen molar-refractivity contribution in [3.8, 4) is 0 Å². The van der Waals surface area contributed by atoms with E-state index in [1.54, 1.807) is 16.8 Å². The van der Waals surface area contributed by atoms with E-state index in [-0.39, 0.29) is 12.1 Å². The highest BCUT2D eigenvalue weighted by Crippen LogP contribution is 2.23. The molecule has 0 aliphatic heterocycles. The van der Waals surface area contributed by atoms with E-state index in [9.17, 15) is 9.59 Å². The van der Waals surface area contributed by atoms with Crippen LogP contribution >= 0.6 is 0 Å². The van der Waals surface area contributed by atoms with E-state index in [1.807, 2.05) is 24.3 Å². The smallest absolute Gasteiger partial charge is 0.331 e. The Bertz CT molecular complexity index is 682. The zero-order valence-electron chi connectivity index (χ0n) is 10.3.